The molecular formula is C37H55NO4S. The maximum atomic E-state index is 12.6. The first-order chi connectivity index (χ1) is 20.6. The number of rotatable bonds is 12. The van der Waals surface area contributed by atoms with Crippen LogP contribution in [0.1, 0.15) is 127 Å². The minimum atomic E-state index is -0.643. The third-order valence-corrected chi connectivity index (χ3v) is 12.9. The van der Waals surface area contributed by atoms with Gasteiger partial charge in [-0.1, -0.05) is 58.4 Å². The predicted molar refractivity (Wildman–Crippen MR) is 175 cm³/mol. The number of fused-ring (bicyclic) bond motifs is 1. The van der Waals surface area contributed by atoms with Crippen LogP contribution in [-0.2, 0) is 21.4 Å². The van der Waals surface area contributed by atoms with Crippen LogP contribution in [0.15, 0.2) is 41.6 Å². The number of aliphatic hydroxyl groups excluding tert-OH is 2. The summed E-state index contributed by atoms with van der Waals surface area (Å²) in [4.78, 5) is 18.8. The zero-order valence-corrected chi connectivity index (χ0v) is 27.9. The van der Waals surface area contributed by atoms with Crippen molar-refractivity contribution in [3.63, 3.8) is 0 Å². The number of thiazole rings is 1. The Morgan fingerprint density at radius 3 is 2.72 bits per heavy atom. The number of nitrogens with zero attached hydrogens (tertiary/aromatic N) is 1. The lowest BCUT2D eigenvalue weighted by Crippen LogP contribution is -2.37. The number of unbranched alkanes of at least 4 members (excludes halogenated alkanes) is 1. The maximum absolute atomic E-state index is 12.6. The molecule has 5 rings (SSSR count). The molecule has 7 atom stereocenters. The zero-order valence-electron chi connectivity index (χ0n) is 27.1. The van der Waals surface area contributed by atoms with Crippen LogP contribution in [0.2, 0.25) is 0 Å². The molecule has 4 aliphatic rings. The van der Waals surface area contributed by atoms with Crippen molar-refractivity contribution in [1.29, 1.82) is 0 Å². The second-order valence-corrected chi connectivity index (χ2v) is 15.6. The van der Waals surface area contributed by atoms with Crippen molar-refractivity contribution in [1.82, 2.24) is 4.98 Å². The number of carbonyl (C=O) groups excluding carboxylic acids is 1. The van der Waals surface area contributed by atoms with Gasteiger partial charge in [0.15, 0.2) is 0 Å². The van der Waals surface area contributed by atoms with Crippen LogP contribution in [0.4, 0.5) is 0 Å². The van der Waals surface area contributed by atoms with Crippen molar-refractivity contribution in [3.8, 4) is 0 Å². The van der Waals surface area contributed by atoms with Crippen LogP contribution in [-0.4, -0.2) is 39.5 Å². The highest BCUT2D eigenvalue weighted by molar-refractivity contribution is 7.11. The molecule has 0 amide bonds. The Kier molecular flexibility index (Phi) is 10.4. The Morgan fingerprint density at radius 1 is 1.21 bits per heavy atom. The van der Waals surface area contributed by atoms with Crippen molar-refractivity contribution >= 4 is 17.3 Å². The summed E-state index contributed by atoms with van der Waals surface area (Å²) in [5.41, 5.74) is 3.49. The maximum Gasteiger partial charge on any atom is 0.305 e. The molecule has 0 aliphatic heterocycles. The molecule has 0 radical (unpaired) electrons. The van der Waals surface area contributed by atoms with Gasteiger partial charge in [0.05, 0.1) is 17.6 Å². The largest absolute Gasteiger partial charge is 0.461 e. The highest BCUT2D eigenvalue weighted by atomic mass is 32.1. The van der Waals surface area contributed by atoms with E-state index < -0.39 is 12.2 Å². The summed E-state index contributed by atoms with van der Waals surface area (Å²) in [7, 11) is 0. The van der Waals surface area contributed by atoms with E-state index in [-0.39, 0.29) is 22.9 Å². The smallest absolute Gasteiger partial charge is 0.305 e. The van der Waals surface area contributed by atoms with Crippen molar-refractivity contribution in [2.24, 2.45) is 23.2 Å². The van der Waals surface area contributed by atoms with Gasteiger partial charge in [-0.15, -0.1) is 11.3 Å². The Morgan fingerprint density at radius 2 is 2.00 bits per heavy atom. The Hall–Kier alpha value is -1.76. The molecule has 1 heterocycles. The first kappa shape index (κ1) is 32.6. The summed E-state index contributed by atoms with van der Waals surface area (Å²) in [6, 6.07) is 0. The van der Waals surface area contributed by atoms with Crippen LogP contribution in [0.5, 0.6) is 0 Å². The summed E-state index contributed by atoms with van der Waals surface area (Å²) in [5, 5.41) is 21.7. The highest BCUT2D eigenvalue weighted by Gasteiger charge is 2.55. The molecule has 0 spiro atoms. The Labute approximate surface area is 263 Å². The van der Waals surface area contributed by atoms with Gasteiger partial charge in [0, 0.05) is 23.9 Å². The SMILES string of the molecule is C=C1C(=CC=C2CCC[C@]3(C)[C@@H]([C@H](C)CC[C@H](OC(=O)CC)C4(c5ncc(CCCC)s5)CC4)CC[C@@H]23)C[C@@H](O)C[C@@H]1O. The number of carbonyl (C=O) groups is 1. The van der Waals surface area contributed by atoms with E-state index in [0.29, 0.717) is 37.0 Å². The van der Waals surface area contributed by atoms with Gasteiger partial charge in [-0.25, -0.2) is 4.98 Å². The van der Waals surface area contributed by atoms with Crippen LogP contribution in [0, 0.1) is 23.2 Å². The molecule has 0 unspecified atom stereocenters. The molecule has 1 aromatic heterocycles. The molecule has 4 aliphatic carbocycles. The van der Waals surface area contributed by atoms with Crippen LogP contribution >= 0.6 is 11.3 Å². The van der Waals surface area contributed by atoms with Gasteiger partial charge in [0.1, 0.15) is 11.1 Å². The fraction of sp³-hybridized carbons (Fsp3) is 0.730. The van der Waals surface area contributed by atoms with Crippen molar-refractivity contribution in [3.05, 3.63) is 51.5 Å². The van der Waals surface area contributed by atoms with Crippen molar-refractivity contribution < 1.29 is 19.7 Å². The Bertz CT molecular complexity index is 1210. The molecule has 4 fully saturated rings. The van der Waals surface area contributed by atoms with E-state index in [9.17, 15) is 15.0 Å². The third kappa shape index (κ3) is 6.92. The average molecular weight is 610 g/mol. The van der Waals surface area contributed by atoms with Gasteiger partial charge in [-0.05, 0) is 111 Å². The zero-order chi connectivity index (χ0) is 30.8. The minimum Gasteiger partial charge on any atom is -0.461 e. The number of aryl methyl sites for hydroxylation is 1. The number of ether oxygens (including phenoxy) is 1. The average Bonchev–Trinajstić information content (AvgIpc) is 3.50. The molecule has 2 N–H and O–H groups in total. The Balaban J connectivity index is 1.27. The number of aliphatic hydroxyl groups is 2. The van der Waals surface area contributed by atoms with E-state index >= 15 is 0 Å². The van der Waals surface area contributed by atoms with Gasteiger partial charge in [-0.2, -0.15) is 0 Å². The second-order valence-electron chi connectivity index (χ2n) is 14.4. The van der Waals surface area contributed by atoms with Crippen LogP contribution in [0.3, 0.4) is 0 Å². The monoisotopic (exact) mass is 609 g/mol. The first-order valence-electron chi connectivity index (χ1n) is 17.2. The van der Waals surface area contributed by atoms with E-state index in [4.69, 9.17) is 9.72 Å². The molecule has 1 aromatic rings. The minimum absolute atomic E-state index is 0.0830. The van der Waals surface area contributed by atoms with Gasteiger partial charge in [0.25, 0.3) is 0 Å². The van der Waals surface area contributed by atoms with Gasteiger partial charge < -0.3 is 14.9 Å². The summed E-state index contributed by atoms with van der Waals surface area (Å²) in [6.07, 6.45) is 20.3. The molecule has 5 nitrogen and oxygen atoms in total. The molecule has 43 heavy (non-hydrogen) atoms. The lowest BCUT2D eigenvalue weighted by atomic mass is 9.60. The molecule has 0 aromatic carbocycles. The highest BCUT2D eigenvalue weighted by Crippen LogP contribution is 2.60. The molecule has 0 bridgehead atoms. The summed E-state index contributed by atoms with van der Waals surface area (Å²) in [5.74, 6) is 1.71. The van der Waals surface area contributed by atoms with E-state index in [1.807, 2.05) is 18.3 Å². The molecule has 4 saturated carbocycles. The van der Waals surface area contributed by atoms with Gasteiger partial charge in [-0.3, -0.25) is 4.79 Å². The van der Waals surface area contributed by atoms with E-state index in [1.54, 1.807) is 0 Å². The summed E-state index contributed by atoms with van der Waals surface area (Å²) in [6.45, 7) is 13.2. The number of hydrogen-bond donors (Lipinski definition) is 2. The fourth-order valence-electron chi connectivity index (χ4n) is 8.80. The number of hydrogen-bond acceptors (Lipinski definition) is 6. The number of allylic oxidation sites excluding steroid dienone is 3. The molecular weight excluding hydrogens is 554 g/mol. The van der Waals surface area contributed by atoms with Crippen LogP contribution < -0.4 is 0 Å². The van der Waals surface area contributed by atoms with Gasteiger partial charge >= 0.3 is 5.97 Å². The topological polar surface area (TPSA) is 79.7 Å². The lowest BCUT2D eigenvalue weighted by Gasteiger charge is -2.44. The normalized spacial score (nSPS) is 33.4. The second kappa shape index (κ2) is 13.7. The lowest BCUT2D eigenvalue weighted by molar-refractivity contribution is -0.151. The van der Waals surface area contributed by atoms with E-state index in [2.05, 4.69) is 45.7 Å². The van der Waals surface area contributed by atoms with Crippen molar-refractivity contribution in [2.75, 3.05) is 0 Å². The van der Waals surface area contributed by atoms with Gasteiger partial charge in [0.2, 0.25) is 0 Å². The van der Waals surface area contributed by atoms with E-state index in [1.165, 1.54) is 54.0 Å². The number of esters is 1. The van der Waals surface area contributed by atoms with Crippen molar-refractivity contribution in [2.45, 2.75) is 148 Å². The van der Waals surface area contributed by atoms with E-state index in [0.717, 1.165) is 49.7 Å². The molecule has 0 saturated heterocycles. The predicted octanol–water partition coefficient (Wildman–Crippen LogP) is 8.40. The molecule has 6 heteroatoms. The summed E-state index contributed by atoms with van der Waals surface area (Å²) < 4.78 is 6.22. The van der Waals surface area contributed by atoms with Crippen LogP contribution in [0.25, 0.3) is 0 Å². The number of aromatic nitrogens is 1. The third-order valence-electron chi connectivity index (χ3n) is 11.6. The first-order valence-corrected chi connectivity index (χ1v) is 18.0. The fourth-order valence-corrected chi connectivity index (χ4v) is 10.0. The summed E-state index contributed by atoms with van der Waals surface area (Å²) >= 11 is 1.85. The molecule has 238 valence electrons. The quantitative estimate of drug-likeness (QED) is 0.233. The standard InChI is InChI=1S/C37H55NO4S/c1-6-8-11-29-23-38-35(43-29)37(19-20-37)33(42-34(41)7-2)17-12-24(3)30-15-16-31-26(10-9-18-36(30,31)5)13-14-27-21-28(39)22-32(40)25(27)4/h13-14,23-24,28,30-33,39-40H,4,6-12,15-22H2,1-3,5H3/t24-,28-,30-,31+,32+,33+,36-/m1/s1.